The number of nitrogens with one attached hydrogen (secondary N) is 3. The molecule has 2 aliphatic rings. The molecular formula is C21H19F2N7O2. The molecule has 164 valence electrons. The molecule has 1 atom stereocenters. The third-order valence-corrected chi connectivity index (χ3v) is 5.26. The third kappa shape index (κ3) is 4.01. The number of carbonyl (C=O) groups is 2. The average molecular weight is 439 g/mol. The van der Waals surface area contributed by atoms with Crippen LogP contribution in [0.3, 0.4) is 0 Å². The van der Waals surface area contributed by atoms with Crippen molar-refractivity contribution in [2.45, 2.75) is 38.3 Å². The molecule has 32 heavy (non-hydrogen) atoms. The Morgan fingerprint density at radius 3 is 2.59 bits per heavy atom. The van der Waals surface area contributed by atoms with Crippen LogP contribution in [0.4, 0.5) is 20.7 Å². The van der Waals surface area contributed by atoms with Crippen LogP contribution >= 0.6 is 0 Å². The van der Waals surface area contributed by atoms with Crippen molar-refractivity contribution in [3.05, 3.63) is 52.7 Å². The molecule has 1 aliphatic heterocycles. The number of anilines is 2. The number of aromatic nitrogens is 4. The van der Waals surface area contributed by atoms with Crippen molar-refractivity contribution in [3.8, 4) is 0 Å². The van der Waals surface area contributed by atoms with Crippen LogP contribution in [-0.2, 0) is 9.59 Å². The molecule has 9 nitrogen and oxygen atoms in total. The Hall–Kier alpha value is -3.89. The largest absolute Gasteiger partial charge is 0.351 e. The van der Waals surface area contributed by atoms with E-state index < -0.39 is 23.6 Å². The average Bonchev–Trinajstić information content (AvgIpc) is 3.36. The van der Waals surface area contributed by atoms with Crippen LogP contribution in [0, 0.1) is 11.6 Å². The van der Waals surface area contributed by atoms with Gasteiger partial charge in [0.15, 0.2) is 5.65 Å². The first-order valence-corrected chi connectivity index (χ1v) is 10.2. The van der Waals surface area contributed by atoms with E-state index in [-0.39, 0.29) is 24.3 Å². The van der Waals surface area contributed by atoms with Gasteiger partial charge < -0.3 is 10.6 Å². The Morgan fingerprint density at radius 1 is 1.19 bits per heavy atom. The van der Waals surface area contributed by atoms with Gasteiger partial charge in [-0.25, -0.2) is 8.78 Å². The summed E-state index contributed by atoms with van der Waals surface area (Å²) < 4.78 is 28.8. The standard InChI is InChI=1S/C21H19F2N7O2/c1-10(11-5-14(22)8-15(23)6-11)25-20-28-18-13(4-12-7-17(31)27-19(12)32)9-24-30(18)21(29-20)26-16-2-3-16/h4-6,8-10,16H,2-3,7H2,1H3,(H,27,31,32)(H2,25,26,28,29)/b12-4+. The minimum atomic E-state index is -0.671. The van der Waals surface area contributed by atoms with E-state index in [4.69, 9.17) is 0 Å². The highest BCUT2D eigenvalue weighted by Gasteiger charge is 2.26. The number of rotatable bonds is 6. The highest BCUT2D eigenvalue weighted by molar-refractivity contribution is 6.15. The number of hydrogen-bond donors (Lipinski definition) is 3. The summed E-state index contributed by atoms with van der Waals surface area (Å²) in [4.78, 5) is 32.4. The van der Waals surface area contributed by atoms with Gasteiger partial charge >= 0.3 is 0 Å². The quantitative estimate of drug-likeness (QED) is 0.400. The van der Waals surface area contributed by atoms with Gasteiger partial charge in [0.1, 0.15) is 11.6 Å². The van der Waals surface area contributed by atoms with E-state index >= 15 is 0 Å². The van der Waals surface area contributed by atoms with Crippen LogP contribution in [0.2, 0.25) is 0 Å². The summed E-state index contributed by atoms with van der Waals surface area (Å²) in [5.74, 6) is -1.47. The number of imide groups is 1. The van der Waals surface area contributed by atoms with Crippen molar-refractivity contribution in [1.82, 2.24) is 24.9 Å². The molecule has 2 amide bonds. The summed E-state index contributed by atoms with van der Waals surface area (Å²) in [6.07, 6.45) is 5.12. The molecule has 0 radical (unpaired) electrons. The van der Waals surface area contributed by atoms with Crippen LogP contribution < -0.4 is 16.0 Å². The van der Waals surface area contributed by atoms with Gasteiger partial charge in [0.2, 0.25) is 17.8 Å². The number of carbonyl (C=O) groups excluding carboxylic acids is 2. The van der Waals surface area contributed by atoms with Crippen LogP contribution in [0.25, 0.3) is 11.7 Å². The summed E-state index contributed by atoms with van der Waals surface area (Å²) in [5.41, 5.74) is 1.68. The Kier molecular flexibility index (Phi) is 4.80. The molecule has 1 saturated heterocycles. The predicted molar refractivity (Wildman–Crippen MR) is 112 cm³/mol. The van der Waals surface area contributed by atoms with Gasteiger partial charge in [-0.05, 0) is 43.5 Å². The lowest BCUT2D eigenvalue weighted by molar-refractivity contribution is -0.124. The van der Waals surface area contributed by atoms with Crippen LogP contribution in [0.5, 0.6) is 0 Å². The van der Waals surface area contributed by atoms with Crippen LogP contribution in [0.1, 0.15) is 43.4 Å². The predicted octanol–water partition coefficient (Wildman–Crippen LogP) is 2.58. The maximum absolute atomic E-state index is 13.6. The second kappa shape index (κ2) is 7.66. The molecule has 0 spiro atoms. The number of benzene rings is 1. The SMILES string of the molecule is CC(Nc1nc(NC2CC2)n2ncc(/C=C3\CC(=O)NC3=O)c2n1)c1cc(F)cc(F)c1. The monoisotopic (exact) mass is 439 g/mol. The molecule has 3 N–H and O–H groups in total. The van der Waals surface area contributed by atoms with Crippen molar-refractivity contribution < 1.29 is 18.4 Å². The van der Waals surface area contributed by atoms with Gasteiger partial charge in [0.05, 0.1) is 18.7 Å². The molecule has 11 heteroatoms. The Morgan fingerprint density at radius 2 is 1.94 bits per heavy atom. The molecule has 0 bridgehead atoms. The summed E-state index contributed by atoms with van der Waals surface area (Å²) in [6.45, 7) is 1.74. The van der Waals surface area contributed by atoms with Crippen LogP contribution in [0.15, 0.2) is 30.0 Å². The van der Waals surface area contributed by atoms with E-state index in [1.807, 2.05) is 0 Å². The van der Waals surface area contributed by atoms with E-state index in [2.05, 4.69) is 31.0 Å². The maximum atomic E-state index is 13.6. The molecular weight excluding hydrogens is 420 g/mol. The Labute approximate surface area is 180 Å². The van der Waals surface area contributed by atoms with Gasteiger partial charge in [-0.3, -0.25) is 14.9 Å². The fourth-order valence-electron chi connectivity index (χ4n) is 3.48. The first-order chi connectivity index (χ1) is 15.4. The second-order valence-electron chi connectivity index (χ2n) is 7.92. The lowest BCUT2D eigenvalue weighted by atomic mass is 10.1. The van der Waals surface area contributed by atoms with Gasteiger partial charge in [-0.1, -0.05) is 0 Å². The highest BCUT2D eigenvalue weighted by Crippen LogP contribution is 2.27. The zero-order valence-electron chi connectivity index (χ0n) is 17.0. The summed E-state index contributed by atoms with van der Waals surface area (Å²) in [7, 11) is 0. The first kappa shape index (κ1) is 20.0. The Bertz CT molecular complexity index is 1260. The van der Waals surface area contributed by atoms with E-state index in [0.29, 0.717) is 28.3 Å². The van der Waals surface area contributed by atoms with Gasteiger partial charge in [-0.15, -0.1) is 0 Å². The van der Waals surface area contributed by atoms with E-state index in [9.17, 15) is 18.4 Å². The molecule has 1 unspecified atom stereocenters. The molecule has 5 rings (SSSR count). The smallest absolute Gasteiger partial charge is 0.254 e. The lowest BCUT2D eigenvalue weighted by Crippen LogP contribution is -2.19. The highest BCUT2D eigenvalue weighted by atomic mass is 19.1. The van der Waals surface area contributed by atoms with Crippen molar-refractivity contribution in [2.75, 3.05) is 10.6 Å². The minimum Gasteiger partial charge on any atom is -0.351 e. The maximum Gasteiger partial charge on any atom is 0.254 e. The normalized spacial score (nSPS) is 18.3. The van der Waals surface area contributed by atoms with E-state index in [1.165, 1.54) is 16.6 Å². The molecule has 2 aromatic heterocycles. The molecule has 3 aromatic rings. The molecule has 3 heterocycles. The number of amides is 2. The zero-order valence-corrected chi connectivity index (χ0v) is 17.0. The number of fused-ring (bicyclic) bond motifs is 1. The van der Waals surface area contributed by atoms with Gasteiger partial charge in [-0.2, -0.15) is 19.6 Å². The number of halogens is 2. The van der Waals surface area contributed by atoms with Gasteiger partial charge in [0.25, 0.3) is 5.91 Å². The third-order valence-electron chi connectivity index (χ3n) is 5.26. The van der Waals surface area contributed by atoms with E-state index in [0.717, 1.165) is 18.9 Å². The first-order valence-electron chi connectivity index (χ1n) is 10.2. The minimum absolute atomic E-state index is 0.0122. The van der Waals surface area contributed by atoms with Crippen molar-refractivity contribution in [2.24, 2.45) is 0 Å². The Balaban J connectivity index is 1.53. The molecule has 1 aliphatic carbocycles. The summed E-state index contributed by atoms with van der Waals surface area (Å²) >= 11 is 0. The molecule has 1 aromatic carbocycles. The van der Waals surface area contributed by atoms with Crippen LogP contribution in [-0.4, -0.2) is 37.4 Å². The van der Waals surface area contributed by atoms with Gasteiger partial charge in [0, 0.05) is 23.2 Å². The topological polar surface area (TPSA) is 113 Å². The second-order valence-corrected chi connectivity index (χ2v) is 7.92. The molecule has 1 saturated carbocycles. The summed E-state index contributed by atoms with van der Waals surface area (Å²) in [6, 6.07) is 3.09. The van der Waals surface area contributed by atoms with E-state index in [1.54, 1.807) is 19.2 Å². The van der Waals surface area contributed by atoms with Crippen molar-refractivity contribution in [3.63, 3.8) is 0 Å². The fraction of sp³-hybridized carbons (Fsp3) is 0.286. The van der Waals surface area contributed by atoms with Crippen molar-refractivity contribution >= 4 is 35.4 Å². The number of nitrogens with zero attached hydrogens (tertiary/aromatic N) is 4. The lowest BCUT2D eigenvalue weighted by Gasteiger charge is -2.16. The zero-order chi connectivity index (χ0) is 22.4. The number of hydrogen-bond acceptors (Lipinski definition) is 7. The summed E-state index contributed by atoms with van der Waals surface area (Å²) in [5, 5.41) is 12.9. The fourth-order valence-corrected chi connectivity index (χ4v) is 3.48. The molecule has 2 fully saturated rings. The van der Waals surface area contributed by atoms with Crippen molar-refractivity contribution in [1.29, 1.82) is 0 Å².